The first kappa shape index (κ1) is 14.4. The van der Waals surface area contributed by atoms with Crippen LogP contribution in [0.15, 0.2) is 24.7 Å². The van der Waals surface area contributed by atoms with Crippen molar-refractivity contribution in [2.45, 2.75) is 20.0 Å². The lowest BCUT2D eigenvalue weighted by molar-refractivity contribution is -0.137. The molecule has 0 fully saturated rings. The molecule has 0 aliphatic heterocycles. The van der Waals surface area contributed by atoms with Crippen LogP contribution in [0.1, 0.15) is 11.3 Å². The number of carbonyl (C=O) groups is 2. The summed E-state index contributed by atoms with van der Waals surface area (Å²) < 4.78 is 1.18. The molecule has 0 spiro atoms. The Morgan fingerprint density at radius 2 is 2.24 bits per heavy atom. The quantitative estimate of drug-likeness (QED) is 0.732. The van der Waals surface area contributed by atoms with Crippen molar-refractivity contribution < 1.29 is 14.7 Å². The van der Waals surface area contributed by atoms with E-state index in [0.717, 1.165) is 5.56 Å². The van der Waals surface area contributed by atoms with E-state index in [2.05, 4.69) is 25.9 Å². The van der Waals surface area contributed by atoms with Gasteiger partial charge in [0.1, 0.15) is 12.2 Å². The Labute approximate surface area is 120 Å². The number of amides is 2. The van der Waals surface area contributed by atoms with E-state index < -0.39 is 12.0 Å². The summed E-state index contributed by atoms with van der Waals surface area (Å²) in [6.07, 6.45) is 4.65. The van der Waals surface area contributed by atoms with Crippen LogP contribution in [0, 0.1) is 6.92 Å². The van der Waals surface area contributed by atoms with Crippen LogP contribution in [-0.2, 0) is 17.9 Å². The molecule has 2 rings (SSSR count). The lowest BCUT2D eigenvalue weighted by Crippen LogP contribution is -2.28. The summed E-state index contributed by atoms with van der Waals surface area (Å²) in [4.78, 5) is 26.2. The average molecular weight is 290 g/mol. The molecule has 0 aliphatic carbocycles. The molecule has 21 heavy (non-hydrogen) atoms. The highest BCUT2D eigenvalue weighted by atomic mass is 16.4. The van der Waals surface area contributed by atoms with E-state index in [1.54, 1.807) is 18.5 Å². The third-order valence-corrected chi connectivity index (χ3v) is 2.60. The maximum Gasteiger partial charge on any atom is 0.325 e. The highest BCUT2D eigenvalue weighted by molar-refractivity contribution is 5.89. The number of aliphatic carboxylic acids is 1. The summed E-state index contributed by atoms with van der Waals surface area (Å²) in [5.74, 6) is -1.01. The van der Waals surface area contributed by atoms with E-state index in [-0.39, 0.29) is 13.1 Å². The number of pyridine rings is 1. The van der Waals surface area contributed by atoms with Gasteiger partial charge >= 0.3 is 12.0 Å². The zero-order chi connectivity index (χ0) is 15.2. The second-order valence-electron chi connectivity index (χ2n) is 4.30. The molecule has 9 nitrogen and oxygen atoms in total. The molecule has 9 heteroatoms. The zero-order valence-electron chi connectivity index (χ0n) is 11.3. The predicted molar refractivity (Wildman–Crippen MR) is 72.5 cm³/mol. The molecule has 2 amide bonds. The number of aryl methyl sites for hydroxylation is 1. The minimum absolute atomic E-state index is 0.144. The maximum atomic E-state index is 11.7. The van der Waals surface area contributed by atoms with Crippen molar-refractivity contribution in [3.05, 3.63) is 35.9 Å². The van der Waals surface area contributed by atoms with Crippen molar-refractivity contribution in [1.29, 1.82) is 0 Å². The van der Waals surface area contributed by atoms with E-state index in [1.165, 1.54) is 10.9 Å². The van der Waals surface area contributed by atoms with Gasteiger partial charge < -0.3 is 15.7 Å². The minimum Gasteiger partial charge on any atom is -0.480 e. The number of nitrogens with zero attached hydrogens (tertiary/aromatic N) is 4. The van der Waals surface area contributed by atoms with Gasteiger partial charge in [0, 0.05) is 6.20 Å². The molecule has 0 atom stereocenters. The van der Waals surface area contributed by atoms with Crippen molar-refractivity contribution in [2.24, 2.45) is 0 Å². The van der Waals surface area contributed by atoms with Gasteiger partial charge in [0.2, 0.25) is 0 Å². The summed E-state index contributed by atoms with van der Waals surface area (Å²) in [6, 6.07) is 1.38. The molecular formula is C12H14N6O3. The minimum atomic E-state index is -1.01. The van der Waals surface area contributed by atoms with Crippen molar-refractivity contribution in [3.8, 4) is 0 Å². The van der Waals surface area contributed by atoms with Gasteiger partial charge in [-0.25, -0.2) is 9.48 Å². The van der Waals surface area contributed by atoms with Crippen LogP contribution in [0.25, 0.3) is 0 Å². The van der Waals surface area contributed by atoms with Crippen LogP contribution >= 0.6 is 0 Å². The van der Waals surface area contributed by atoms with Gasteiger partial charge in [0.15, 0.2) is 0 Å². The van der Waals surface area contributed by atoms with E-state index in [0.29, 0.717) is 11.4 Å². The van der Waals surface area contributed by atoms with Gasteiger partial charge in [-0.3, -0.25) is 9.78 Å². The SMILES string of the molecule is Cc1ccncc1NC(=O)NCc1cn(CC(=O)O)nn1. The number of carboxylic acid groups (broad SMARTS) is 1. The summed E-state index contributed by atoms with van der Waals surface area (Å²) in [6.45, 7) is 1.73. The Morgan fingerprint density at radius 1 is 1.43 bits per heavy atom. The Hall–Kier alpha value is -2.97. The number of hydrogen-bond acceptors (Lipinski definition) is 5. The fourth-order valence-electron chi connectivity index (χ4n) is 1.57. The van der Waals surface area contributed by atoms with Gasteiger partial charge in [0.05, 0.1) is 24.6 Å². The Morgan fingerprint density at radius 3 is 2.95 bits per heavy atom. The number of anilines is 1. The van der Waals surface area contributed by atoms with Crippen LogP contribution in [0.4, 0.5) is 10.5 Å². The van der Waals surface area contributed by atoms with Gasteiger partial charge in [-0.1, -0.05) is 5.21 Å². The molecule has 2 heterocycles. The van der Waals surface area contributed by atoms with E-state index in [9.17, 15) is 9.59 Å². The van der Waals surface area contributed by atoms with Crippen LogP contribution in [0.3, 0.4) is 0 Å². The first-order chi connectivity index (χ1) is 10.0. The smallest absolute Gasteiger partial charge is 0.325 e. The van der Waals surface area contributed by atoms with E-state index >= 15 is 0 Å². The summed E-state index contributed by atoms with van der Waals surface area (Å²) in [5.41, 5.74) is 1.98. The van der Waals surface area contributed by atoms with Crippen LogP contribution in [0.2, 0.25) is 0 Å². The molecule has 2 aromatic heterocycles. The second kappa shape index (κ2) is 6.46. The van der Waals surface area contributed by atoms with Gasteiger partial charge in [-0.05, 0) is 18.6 Å². The zero-order valence-corrected chi connectivity index (χ0v) is 11.3. The van der Waals surface area contributed by atoms with Crippen LogP contribution in [-0.4, -0.2) is 37.1 Å². The number of urea groups is 1. The summed E-state index contributed by atoms with van der Waals surface area (Å²) in [7, 11) is 0. The number of carboxylic acids is 1. The van der Waals surface area contributed by atoms with Crippen molar-refractivity contribution in [2.75, 3.05) is 5.32 Å². The monoisotopic (exact) mass is 290 g/mol. The fraction of sp³-hybridized carbons (Fsp3) is 0.250. The predicted octanol–water partition coefficient (Wildman–Crippen LogP) is 0.388. The number of aromatic nitrogens is 4. The van der Waals surface area contributed by atoms with Gasteiger partial charge in [-0.2, -0.15) is 0 Å². The molecule has 0 saturated carbocycles. The molecule has 0 unspecified atom stereocenters. The van der Waals surface area contributed by atoms with Crippen molar-refractivity contribution >= 4 is 17.7 Å². The van der Waals surface area contributed by atoms with Crippen LogP contribution < -0.4 is 10.6 Å². The highest BCUT2D eigenvalue weighted by Crippen LogP contribution is 2.10. The topological polar surface area (TPSA) is 122 Å². The maximum absolute atomic E-state index is 11.7. The van der Waals surface area contributed by atoms with Crippen LogP contribution in [0.5, 0.6) is 0 Å². The first-order valence-corrected chi connectivity index (χ1v) is 6.11. The Kier molecular flexibility index (Phi) is 4.44. The van der Waals surface area contributed by atoms with Gasteiger partial charge in [0.25, 0.3) is 0 Å². The Balaban J connectivity index is 1.85. The molecule has 0 radical (unpaired) electrons. The number of rotatable bonds is 5. The van der Waals surface area contributed by atoms with Crippen molar-refractivity contribution in [3.63, 3.8) is 0 Å². The van der Waals surface area contributed by atoms with Crippen molar-refractivity contribution in [1.82, 2.24) is 25.3 Å². The number of carbonyl (C=O) groups excluding carboxylic acids is 1. The van der Waals surface area contributed by atoms with E-state index in [4.69, 9.17) is 5.11 Å². The molecular weight excluding hydrogens is 276 g/mol. The lowest BCUT2D eigenvalue weighted by atomic mass is 10.2. The molecule has 0 aromatic carbocycles. The van der Waals surface area contributed by atoms with E-state index in [1.807, 2.05) is 6.92 Å². The molecule has 3 N–H and O–H groups in total. The molecule has 0 saturated heterocycles. The first-order valence-electron chi connectivity index (χ1n) is 6.11. The standard InChI is InChI=1S/C12H14N6O3/c1-8-2-3-13-5-10(8)15-12(21)14-4-9-6-18(17-16-9)7-11(19)20/h2-3,5-6H,4,7H2,1H3,(H,19,20)(H2,14,15,21). The molecule has 0 aliphatic rings. The lowest BCUT2D eigenvalue weighted by Gasteiger charge is -2.07. The average Bonchev–Trinajstić information content (AvgIpc) is 2.86. The largest absolute Gasteiger partial charge is 0.480 e. The normalized spacial score (nSPS) is 10.1. The summed E-state index contributed by atoms with van der Waals surface area (Å²) >= 11 is 0. The molecule has 0 bridgehead atoms. The van der Waals surface area contributed by atoms with Gasteiger partial charge in [-0.15, -0.1) is 5.10 Å². The third kappa shape index (κ3) is 4.27. The fourth-order valence-corrected chi connectivity index (χ4v) is 1.57. The number of hydrogen-bond donors (Lipinski definition) is 3. The third-order valence-electron chi connectivity index (χ3n) is 2.60. The Bertz CT molecular complexity index is 654. The molecule has 110 valence electrons. The highest BCUT2D eigenvalue weighted by Gasteiger charge is 2.07. The molecule has 2 aromatic rings. The number of nitrogens with one attached hydrogen (secondary N) is 2. The summed E-state index contributed by atoms with van der Waals surface area (Å²) in [5, 5.41) is 21.3. The second-order valence-corrected chi connectivity index (χ2v) is 4.30.